The number of hydrogen-bond acceptors (Lipinski definition) is 3. The van der Waals surface area contributed by atoms with Crippen LogP contribution in [0.25, 0.3) is 11.3 Å². The van der Waals surface area contributed by atoms with Crippen LogP contribution in [0.2, 0.25) is 0 Å². The number of benzene rings is 1. The number of rotatable bonds is 4. The molecule has 0 saturated heterocycles. The van der Waals surface area contributed by atoms with Crippen molar-refractivity contribution in [2.75, 3.05) is 0 Å². The number of carbonyl (C=O) groups excluding carboxylic acids is 1. The number of aromatic nitrogens is 2. The maximum Gasteiger partial charge on any atom is 0.335 e. The predicted molar refractivity (Wildman–Crippen MR) is 104 cm³/mol. The number of aromatic amines is 1. The van der Waals surface area contributed by atoms with Gasteiger partial charge in [0.1, 0.15) is 0 Å². The van der Waals surface area contributed by atoms with E-state index in [1.807, 2.05) is 30.3 Å². The highest BCUT2D eigenvalue weighted by Gasteiger charge is 2.51. The maximum absolute atomic E-state index is 12.5. The third kappa shape index (κ3) is 3.24. The number of hydrogen-bond donors (Lipinski definition) is 3. The first kappa shape index (κ1) is 16.5. The summed E-state index contributed by atoms with van der Waals surface area (Å²) in [5.74, 6) is 2.42. The van der Waals surface area contributed by atoms with Gasteiger partial charge in [0.2, 0.25) is 0 Å². The van der Waals surface area contributed by atoms with Gasteiger partial charge in [-0.2, -0.15) is 10.2 Å². The molecule has 0 unspecified atom stereocenters. The molecule has 140 valence electrons. The van der Waals surface area contributed by atoms with E-state index < -0.39 is 0 Å². The summed E-state index contributed by atoms with van der Waals surface area (Å²) in [5, 5.41) is 14.5. The summed E-state index contributed by atoms with van der Waals surface area (Å²) in [6.45, 7) is 0. The standard InChI is InChI=1S/C21H25N5O/c27-20(24-21-9-14-6-15(10-21)8-16(7-14)11-21)26-23-13-18-12-22-25-19(18)17-4-2-1-3-5-17/h1-5,12-16H,6-11H2,(H,22,25)(H2,24,26,27). The first-order chi connectivity index (χ1) is 13.2. The minimum Gasteiger partial charge on any atom is -0.331 e. The lowest BCUT2D eigenvalue weighted by atomic mass is 9.53. The molecule has 4 aliphatic carbocycles. The number of nitrogens with zero attached hydrogens (tertiary/aromatic N) is 2. The number of hydrazone groups is 1. The molecule has 0 aliphatic heterocycles. The van der Waals surface area contributed by atoms with E-state index in [1.54, 1.807) is 12.4 Å². The molecule has 4 saturated carbocycles. The highest BCUT2D eigenvalue weighted by Crippen LogP contribution is 2.55. The van der Waals surface area contributed by atoms with Crippen LogP contribution in [-0.2, 0) is 0 Å². The molecular formula is C21H25N5O. The SMILES string of the molecule is O=C(NN=Cc1cn[nH]c1-c1ccccc1)NC12CC3CC(CC(C3)C1)C2. The third-order valence-electron chi connectivity index (χ3n) is 6.52. The van der Waals surface area contributed by atoms with Crippen molar-refractivity contribution >= 4 is 12.2 Å². The zero-order valence-electron chi connectivity index (χ0n) is 15.3. The second-order valence-electron chi connectivity index (χ2n) is 8.59. The smallest absolute Gasteiger partial charge is 0.331 e. The zero-order chi connectivity index (χ0) is 18.3. The predicted octanol–water partition coefficient (Wildman–Crippen LogP) is 3.68. The fourth-order valence-corrected chi connectivity index (χ4v) is 5.92. The minimum absolute atomic E-state index is 0.000801. The third-order valence-corrected chi connectivity index (χ3v) is 6.52. The van der Waals surface area contributed by atoms with Crippen molar-refractivity contribution in [3.63, 3.8) is 0 Å². The molecule has 6 nitrogen and oxygen atoms in total. The Bertz CT molecular complexity index is 821. The van der Waals surface area contributed by atoms with E-state index in [0.717, 1.165) is 53.8 Å². The normalized spacial score (nSPS) is 31.3. The summed E-state index contributed by atoms with van der Waals surface area (Å²) in [6, 6.07) is 9.76. The summed E-state index contributed by atoms with van der Waals surface area (Å²) < 4.78 is 0. The van der Waals surface area contributed by atoms with Crippen molar-refractivity contribution in [1.82, 2.24) is 20.9 Å². The summed E-state index contributed by atoms with van der Waals surface area (Å²) in [6.07, 6.45) is 10.9. The van der Waals surface area contributed by atoms with Crippen LogP contribution in [-0.4, -0.2) is 28.0 Å². The van der Waals surface area contributed by atoms with Crippen LogP contribution in [0.1, 0.15) is 44.1 Å². The summed E-state index contributed by atoms with van der Waals surface area (Å²) in [5.41, 5.74) is 5.42. The Balaban J connectivity index is 1.23. The van der Waals surface area contributed by atoms with Crippen molar-refractivity contribution < 1.29 is 4.79 Å². The van der Waals surface area contributed by atoms with Gasteiger partial charge in [0.05, 0.1) is 18.1 Å². The van der Waals surface area contributed by atoms with Gasteiger partial charge in [0, 0.05) is 16.7 Å². The molecule has 2 aromatic rings. The Hall–Kier alpha value is -2.63. The second kappa shape index (κ2) is 6.51. The van der Waals surface area contributed by atoms with Crippen LogP contribution >= 0.6 is 0 Å². The Kier molecular flexibility index (Phi) is 3.99. The van der Waals surface area contributed by atoms with Crippen LogP contribution in [0.5, 0.6) is 0 Å². The van der Waals surface area contributed by atoms with Gasteiger partial charge < -0.3 is 5.32 Å². The number of carbonyl (C=O) groups is 1. The first-order valence-corrected chi connectivity index (χ1v) is 9.89. The molecule has 0 atom stereocenters. The fraction of sp³-hybridized carbons (Fsp3) is 0.476. The first-order valence-electron chi connectivity index (χ1n) is 9.89. The van der Waals surface area contributed by atoms with Crippen LogP contribution in [0.4, 0.5) is 4.79 Å². The number of nitrogens with one attached hydrogen (secondary N) is 3. The highest BCUT2D eigenvalue weighted by atomic mass is 16.2. The highest BCUT2D eigenvalue weighted by molar-refractivity contribution is 5.89. The molecule has 0 spiro atoms. The topological polar surface area (TPSA) is 82.2 Å². The molecule has 2 amide bonds. The van der Waals surface area contributed by atoms with E-state index >= 15 is 0 Å². The molecule has 4 bridgehead atoms. The van der Waals surface area contributed by atoms with E-state index in [4.69, 9.17) is 0 Å². The van der Waals surface area contributed by atoms with Crippen LogP contribution in [0, 0.1) is 17.8 Å². The maximum atomic E-state index is 12.5. The van der Waals surface area contributed by atoms with Crippen molar-refractivity contribution in [3.8, 4) is 11.3 Å². The van der Waals surface area contributed by atoms with E-state index in [2.05, 4.69) is 26.0 Å². The monoisotopic (exact) mass is 363 g/mol. The minimum atomic E-state index is -0.196. The largest absolute Gasteiger partial charge is 0.335 e. The van der Waals surface area contributed by atoms with Gasteiger partial charge in [-0.05, 0) is 56.3 Å². The average Bonchev–Trinajstić information content (AvgIpc) is 3.09. The Morgan fingerprint density at radius 1 is 1.11 bits per heavy atom. The molecule has 1 aromatic carbocycles. The molecule has 4 aliphatic rings. The van der Waals surface area contributed by atoms with Gasteiger partial charge in [-0.15, -0.1) is 0 Å². The van der Waals surface area contributed by atoms with Crippen molar-refractivity contribution in [1.29, 1.82) is 0 Å². The van der Waals surface area contributed by atoms with E-state index in [9.17, 15) is 4.79 Å². The van der Waals surface area contributed by atoms with Crippen molar-refractivity contribution in [2.24, 2.45) is 22.9 Å². The van der Waals surface area contributed by atoms with Gasteiger partial charge in [-0.3, -0.25) is 5.10 Å². The molecule has 1 heterocycles. The van der Waals surface area contributed by atoms with Gasteiger partial charge in [-0.25, -0.2) is 10.2 Å². The lowest BCUT2D eigenvalue weighted by Crippen LogP contribution is -2.61. The van der Waals surface area contributed by atoms with Crippen LogP contribution in [0.15, 0.2) is 41.6 Å². The summed E-state index contributed by atoms with van der Waals surface area (Å²) in [7, 11) is 0. The fourth-order valence-electron chi connectivity index (χ4n) is 5.92. The van der Waals surface area contributed by atoms with Gasteiger partial charge >= 0.3 is 6.03 Å². The molecule has 3 N–H and O–H groups in total. The lowest BCUT2D eigenvalue weighted by molar-refractivity contribution is -0.0135. The van der Waals surface area contributed by atoms with E-state index in [-0.39, 0.29) is 11.6 Å². The molecule has 6 heteroatoms. The van der Waals surface area contributed by atoms with E-state index in [1.165, 1.54) is 19.3 Å². The Morgan fingerprint density at radius 2 is 1.78 bits per heavy atom. The Morgan fingerprint density at radius 3 is 2.44 bits per heavy atom. The number of urea groups is 1. The Labute approximate surface area is 158 Å². The van der Waals surface area contributed by atoms with Crippen molar-refractivity contribution in [2.45, 2.75) is 44.1 Å². The summed E-state index contributed by atoms with van der Waals surface area (Å²) >= 11 is 0. The molecule has 6 rings (SSSR count). The molecular weight excluding hydrogens is 338 g/mol. The second-order valence-corrected chi connectivity index (χ2v) is 8.59. The molecule has 27 heavy (non-hydrogen) atoms. The van der Waals surface area contributed by atoms with E-state index in [0.29, 0.717) is 0 Å². The van der Waals surface area contributed by atoms with Gasteiger partial charge in [0.15, 0.2) is 0 Å². The van der Waals surface area contributed by atoms with Crippen molar-refractivity contribution in [3.05, 3.63) is 42.1 Å². The number of H-pyrrole nitrogens is 1. The van der Waals surface area contributed by atoms with Crippen LogP contribution < -0.4 is 10.7 Å². The molecule has 0 radical (unpaired) electrons. The zero-order valence-corrected chi connectivity index (χ0v) is 15.3. The van der Waals surface area contributed by atoms with Gasteiger partial charge in [0.25, 0.3) is 0 Å². The molecule has 4 fully saturated rings. The average molecular weight is 363 g/mol. The summed E-state index contributed by atoms with van der Waals surface area (Å²) in [4.78, 5) is 12.5. The molecule has 1 aromatic heterocycles. The van der Waals surface area contributed by atoms with Crippen LogP contribution in [0.3, 0.4) is 0 Å². The number of amides is 2. The van der Waals surface area contributed by atoms with Gasteiger partial charge in [-0.1, -0.05) is 30.3 Å². The lowest BCUT2D eigenvalue weighted by Gasteiger charge is -2.56. The quantitative estimate of drug-likeness (QED) is 0.572.